The Hall–Kier alpha value is -1.16. The summed E-state index contributed by atoms with van der Waals surface area (Å²) in [4.78, 5) is 4.03. The van der Waals surface area contributed by atoms with Crippen LogP contribution in [0.2, 0.25) is 0 Å². The van der Waals surface area contributed by atoms with Gasteiger partial charge in [0.1, 0.15) is 5.75 Å². The van der Waals surface area contributed by atoms with Gasteiger partial charge >= 0.3 is 0 Å². The highest BCUT2D eigenvalue weighted by molar-refractivity contribution is 5.29. The Morgan fingerprint density at radius 3 is 2.94 bits per heavy atom. The maximum absolute atomic E-state index is 14.4. The van der Waals surface area contributed by atoms with Gasteiger partial charge in [0.15, 0.2) is 5.67 Å². The quantitative estimate of drug-likeness (QED) is 0.853. The number of ether oxygens (including phenoxy) is 1. The number of halogens is 1. The summed E-state index contributed by atoms with van der Waals surface area (Å²) in [5.41, 5.74) is -0.681. The van der Waals surface area contributed by atoms with Crippen LogP contribution in [0.1, 0.15) is 25.8 Å². The van der Waals surface area contributed by atoms with E-state index >= 15 is 0 Å². The van der Waals surface area contributed by atoms with Crippen molar-refractivity contribution in [2.75, 3.05) is 13.1 Å². The number of alkyl halides is 1. The van der Waals surface area contributed by atoms with Crippen molar-refractivity contribution >= 4 is 0 Å². The number of hydrogen-bond donors (Lipinski definition) is 1. The maximum Gasteiger partial charge on any atom is 0.151 e. The first-order chi connectivity index (χ1) is 7.60. The molecule has 1 saturated heterocycles. The van der Waals surface area contributed by atoms with Crippen molar-refractivity contribution in [2.45, 2.75) is 32.0 Å². The van der Waals surface area contributed by atoms with Crippen LogP contribution in [-0.4, -0.2) is 24.2 Å². The first-order valence-electron chi connectivity index (χ1n) is 5.62. The van der Waals surface area contributed by atoms with E-state index in [1.807, 2.05) is 13.8 Å². The summed E-state index contributed by atoms with van der Waals surface area (Å²) in [6, 6.07) is 1.75. The van der Waals surface area contributed by atoms with Crippen molar-refractivity contribution in [3.05, 3.63) is 24.0 Å². The smallest absolute Gasteiger partial charge is 0.151 e. The average Bonchev–Trinajstić information content (AvgIpc) is 2.66. The summed E-state index contributed by atoms with van der Waals surface area (Å²) in [6.45, 7) is 4.95. The van der Waals surface area contributed by atoms with E-state index < -0.39 is 5.67 Å². The lowest BCUT2D eigenvalue weighted by molar-refractivity contribution is 0.190. The Morgan fingerprint density at radius 1 is 1.50 bits per heavy atom. The molecule has 3 nitrogen and oxygen atoms in total. The highest BCUT2D eigenvalue weighted by atomic mass is 19.1. The largest absolute Gasteiger partial charge is 0.489 e. The van der Waals surface area contributed by atoms with E-state index in [9.17, 15) is 4.39 Å². The van der Waals surface area contributed by atoms with Gasteiger partial charge in [0.05, 0.1) is 12.3 Å². The normalized spacial score (nSPS) is 25.0. The first-order valence-corrected chi connectivity index (χ1v) is 5.62. The van der Waals surface area contributed by atoms with E-state index in [2.05, 4.69) is 10.3 Å². The van der Waals surface area contributed by atoms with E-state index in [1.54, 1.807) is 18.5 Å². The zero-order valence-electron chi connectivity index (χ0n) is 9.66. The summed E-state index contributed by atoms with van der Waals surface area (Å²) in [5.74, 6) is 0.636. The number of nitrogens with one attached hydrogen (secondary N) is 1. The minimum atomic E-state index is -1.29. The Kier molecular flexibility index (Phi) is 3.10. The number of rotatable bonds is 3. The van der Waals surface area contributed by atoms with E-state index in [4.69, 9.17) is 4.74 Å². The van der Waals surface area contributed by atoms with Crippen LogP contribution in [0.5, 0.6) is 5.75 Å². The van der Waals surface area contributed by atoms with Crippen LogP contribution in [0.15, 0.2) is 18.5 Å². The van der Waals surface area contributed by atoms with Crippen LogP contribution in [-0.2, 0) is 5.67 Å². The van der Waals surface area contributed by atoms with Gasteiger partial charge in [-0.05, 0) is 32.9 Å². The van der Waals surface area contributed by atoms with Gasteiger partial charge in [-0.2, -0.15) is 0 Å². The van der Waals surface area contributed by atoms with Gasteiger partial charge in [0.25, 0.3) is 0 Å². The number of hydrogen-bond acceptors (Lipinski definition) is 3. The lowest BCUT2D eigenvalue weighted by atomic mass is 9.96. The second-order valence-corrected chi connectivity index (χ2v) is 4.47. The van der Waals surface area contributed by atoms with Crippen LogP contribution < -0.4 is 10.1 Å². The summed E-state index contributed by atoms with van der Waals surface area (Å²) < 4.78 is 19.9. The number of nitrogens with zero attached hydrogens (tertiary/aromatic N) is 1. The average molecular weight is 224 g/mol. The lowest BCUT2D eigenvalue weighted by Gasteiger charge is -2.19. The summed E-state index contributed by atoms with van der Waals surface area (Å²) in [5, 5.41) is 3.03. The monoisotopic (exact) mass is 224 g/mol. The van der Waals surface area contributed by atoms with Gasteiger partial charge in [-0.25, -0.2) is 4.39 Å². The molecule has 1 N–H and O–H groups in total. The zero-order chi connectivity index (χ0) is 11.6. The minimum absolute atomic E-state index is 0.0781. The molecule has 0 saturated carbocycles. The van der Waals surface area contributed by atoms with Crippen molar-refractivity contribution in [3.8, 4) is 5.75 Å². The van der Waals surface area contributed by atoms with Crippen molar-refractivity contribution in [1.29, 1.82) is 0 Å². The van der Waals surface area contributed by atoms with Gasteiger partial charge in [-0.3, -0.25) is 4.98 Å². The predicted octanol–water partition coefficient (Wildman–Crippen LogP) is 2.03. The van der Waals surface area contributed by atoms with E-state index in [0.717, 1.165) is 0 Å². The molecular weight excluding hydrogens is 207 g/mol. The molecule has 1 fully saturated rings. The molecule has 1 atom stereocenters. The second kappa shape index (κ2) is 4.37. The molecule has 1 aliphatic rings. The second-order valence-electron chi connectivity index (χ2n) is 4.47. The standard InChI is InChI=1S/C12H17FN2O/c1-9(2)16-11-5-10(6-15-7-11)12(13)3-4-14-8-12/h5-7,9,14H,3-4,8H2,1-2H3. The Morgan fingerprint density at radius 2 is 2.31 bits per heavy atom. The highest BCUT2D eigenvalue weighted by Gasteiger charge is 2.36. The summed E-state index contributed by atoms with van der Waals surface area (Å²) >= 11 is 0. The molecule has 0 spiro atoms. The zero-order valence-corrected chi connectivity index (χ0v) is 9.66. The maximum atomic E-state index is 14.4. The fourth-order valence-corrected chi connectivity index (χ4v) is 1.91. The lowest BCUT2D eigenvalue weighted by Crippen LogP contribution is -2.23. The van der Waals surface area contributed by atoms with Gasteiger partial charge in [0, 0.05) is 18.3 Å². The molecule has 16 heavy (non-hydrogen) atoms. The Balaban J connectivity index is 2.21. The molecule has 1 unspecified atom stereocenters. The van der Waals surface area contributed by atoms with Crippen molar-refractivity contribution < 1.29 is 9.13 Å². The van der Waals surface area contributed by atoms with E-state index in [0.29, 0.717) is 30.8 Å². The predicted molar refractivity (Wildman–Crippen MR) is 60.3 cm³/mol. The van der Waals surface area contributed by atoms with Crippen LogP contribution in [0.3, 0.4) is 0 Å². The Labute approximate surface area is 95.0 Å². The Bertz CT molecular complexity index is 362. The fraction of sp³-hybridized carbons (Fsp3) is 0.583. The van der Waals surface area contributed by atoms with Crippen LogP contribution in [0.4, 0.5) is 4.39 Å². The molecule has 2 heterocycles. The number of aromatic nitrogens is 1. The third-order valence-electron chi connectivity index (χ3n) is 2.71. The molecular formula is C12H17FN2O. The van der Waals surface area contributed by atoms with Crippen molar-refractivity contribution in [1.82, 2.24) is 10.3 Å². The van der Waals surface area contributed by atoms with Gasteiger partial charge in [0.2, 0.25) is 0 Å². The van der Waals surface area contributed by atoms with Crippen LogP contribution >= 0.6 is 0 Å². The first kappa shape index (κ1) is 11.3. The molecule has 0 radical (unpaired) electrons. The topological polar surface area (TPSA) is 34.1 Å². The van der Waals surface area contributed by atoms with Gasteiger partial charge in [-0.1, -0.05) is 0 Å². The molecule has 1 aromatic heterocycles. The molecule has 0 amide bonds. The van der Waals surface area contributed by atoms with Crippen molar-refractivity contribution in [3.63, 3.8) is 0 Å². The molecule has 0 aromatic carbocycles. The SMILES string of the molecule is CC(C)Oc1cncc(C2(F)CCNC2)c1. The van der Waals surface area contributed by atoms with Crippen LogP contribution in [0.25, 0.3) is 0 Å². The van der Waals surface area contributed by atoms with E-state index in [-0.39, 0.29) is 6.10 Å². The molecule has 0 bridgehead atoms. The highest BCUT2D eigenvalue weighted by Crippen LogP contribution is 2.33. The van der Waals surface area contributed by atoms with Gasteiger partial charge < -0.3 is 10.1 Å². The molecule has 2 rings (SSSR count). The van der Waals surface area contributed by atoms with Crippen LogP contribution in [0, 0.1) is 0 Å². The summed E-state index contributed by atoms with van der Waals surface area (Å²) in [6.07, 6.45) is 3.78. The van der Waals surface area contributed by atoms with Crippen molar-refractivity contribution in [2.24, 2.45) is 0 Å². The molecule has 4 heteroatoms. The fourth-order valence-electron chi connectivity index (χ4n) is 1.91. The molecule has 0 aliphatic carbocycles. The van der Waals surface area contributed by atoms with E-state index in [1.165, 1.54) is 0 Å². The van der Waals surface area contributed by atoms with Gasteiger partial charge in [-0.15, -0.1) is 0 Å². The third-order valence-corrected chi connectivity index (χ3v) is 2.71. The number of pyridine rings is 1. The molecule has 1 aromatic rings. The molecule has 88 valence electrons. The summed E-state index contributed by atoms with van der Waals surface area (Å²) in [7, 11) is 0. The minimum Gasteiger partial charge on any atom is -0.489 e. The molecule has 1 aliphatic heterocycles. The third kappa shape index (κ3) is 2.32.